The molecule has 1 saturated heterocycles. The lowest BCUT2D eigenvalue weighted by molar-refractivity contribution is -0.117. The molecule has 1 aliphatic rings. The third-order valence-electron chi connectivity index (χ3n) is 4.40. The van der Waals surface area contributed by atoms with E-state index in [9.17, 15) is 9.59 Å². The quantitative estimate of drug-likeness (QED) is 0.840. The molecule has 0 bridgehead atoms. The third-order valence-corrected chi connectivity index (χ3v) is 4.40. The summed E-state index contributed by atoms with van der Waals surface area (Å²) in [6.45, 7) is 5.28. The van der Waals surface area contributed by atoms with Crippen LogP contribution in [0.15, 0.2) is 28.8 Å². The maximum atomic E-state index is 12.2. The molecule has 0 radical (unpaired) electrons. The summed E-state index contributed by atoms with van der Waals surface area (Å²) in [7, 11) is 0. The predicted octanol–water partition coefficient (Wildman–Crippen LogP) is 2.40. The average Bonchev–Trinajstić information content (AvgIpc) is 3.02. The zero-order valence-electron chi connectivity index (χ0n) is 14.5. The summed E-state index contributed by atoms with van der Waals surface area (Å²) in [6.07, 6.45) is 1.80. The minimum absolute atomic E-state index is 0.0190. The van der Waals surface area contributed by atoms with E-state index >= 15 is 0 Å². The number of anilines is 1. The van der Waals surface area contributed by atoms with Crippen molar-refractivity contribution in [1.29, 1.82) is 0 Å². The number of piperidine rings is 1. The molecule has 25 heavy (non-hydrogen) atoms. The van der Waals surface area contributed by atoms with Gasteiger partial charge in [0.2, 0.25) is 11.8 Å². The Morgan fingerprint density at radius 1 is 1.32 bits per heavy atom. The molecule has 2 heterocycles. The molecule has 132 valence electrons. The predicted molar refractivity (Wildman–Crippen MR) is 92.5 cm³/mol. The second kappa shape index (κ2) is 7.57. The number of carbonyl (C=O) groups excluding carboxylic acids is 2. The first-order valence-electron chi connectivity index (χ1n) is 8.44. The fourth-order valence-electron chi connectivity index (χ4n) is 3.04. The minimum atomic E-state index is -0.0761. The molecule has 0 saturated carbocycles. The standard InChI is InChI=1S/C18H22N4O3/c1-12(23)15-4-3-5-16(10-15)20-17(24)11-22-8-6-14(7-9-22)18-19-13(2)21-25-18/h3-5,10,14H,6-9,11H2,1-2H3,(H,20,24). The van der Waals surface area contributed by atoms with Gasteiger partial charge >= 0.3 is 0 Å². The summed E-state index contributed by atoms with van der Waals surface area (Å²) in [5.41, 5.74) is 1.24. The van der Waals surface area contributed by atoms with Crippen LogP contribution in [0.2, 0.25) is 0 Å². The number of aryl methyl sites for hydroxylation is 1. The van der Waals surface area contributed by atoms with Crippen LogP contribution in [0.3, 0.4) is 0 Å². The van der Waals surface area contributed by atoms with E-state index in [0.717, 1.165) is 25.9 Å². The highest BCUT2D eigenvalue weighted by atomic mass is 16.5. The summed E-state index contributed by atoms with van der Waals surface area (Å²) >= 11 is 0. The number of nitrogens with zero attached hydrogens (tertiary/aromatic N) is 3. The second-order valence-electron chi connectivity index (χ2n) is 6.42. The van der Waals surface area contributed by atoms with Crippen molar-refractivity contribution in [2.45, 2.75) is 32.6 Å². The van der Waals surface area contributed by atoms with Crippen molar-refractivity contribution in [2.24, 2.45) is 0 Å². The highest BCUT2D eigenvalue weighted by molar-refractivity contribution is 5.97. The molecule has 0 unspecified atom stereocenters. The molecule has 0 atom stereocenters. The number of likely N-dealkylation sites (tertiary alicyclic amines) is 1. The average molecular weight is 342 g/mol. The SMILES string of the molecule is CC(=O)c1cccc(NC(=O)CN2CCC(c3nc(C)no3)CC2)c1. The van der Waals surface area contributed by atoms with Crippen molar-refractivity contribution < 1.29 is 14.1 Å². The van der Waals surface area contributed by atoms with Gasteiger partial charge in [-0.1, -0.05) is 17.3 Å². The van der Waals surface area contributed by atoms with Crippen molar-refractivity contribution in [3.05, 3.63) is 41.5 Å². The van der Waals surface area contributed by atoms with Crippen LogP contribution >= 0.6 is 0 Å². The number of carbonyl (C=O) groups is 2. The van der Waals surface area contributed by atoms with E-state index in [1.807, 2.05) is 6.92 Å². The molecule has 3 rings (SSSR count). The molecular formula is C18H22N4O3. The first kappa shape index (κ1) is 17.3. The Balaban J connectivity index is 1.49. The molecule has 0 spiro atoms. The first-order chi connectivity index (χ1) is 12.0. The van der Waals surface area contributed by atoms with E-state index in [2.05, 4.69) is 20.4 Å². The lowest BCUT2D eigenvalue weighted by Crippen LogP contribution is -2.38. The van der Waals surface area contributed by atoms with Crippen LogP contribution in [-0.4, -0.2) is 46.4 Å². The number of hydrogen-bond acceptors (Lipinski definition) is 6. The van der Waals surface area contributed by atoms with Gasteiger partial charge in [0.25, 0.3) is 0 Å². The molecule has 1 N–H and O–H groups in total. The summed E-state index contributed by atoms with van der Waals surface area (Å²) < 4.78 is 5.24. The Bertz CT molecular complexity index is 763. The van der Waals surface area contributed by atoms with E-state index < -0.39 is 0 Å². The van der Waals surface area contributed by atoms with Gasteiger partial charge in [-0.15, -0.1) is 0 Å². The number of aromatic nitrogens is 2. The van der Waals surface area contributed by atoms with Gasteiger partial charge in [-0.3, -0.25) is 14.5 Å². The van der Waals surface area contributed by atoms with Gasteiger partial charge in [-0.2, -0.15) is 4.98 Å². The van der Waals surface area contributed by atoms with Gasteiger partial charge in [0.1, 0.15) is 0 Å². The summed E-state index contributed by atoms with van der Waals surface area (Å²) in [5, 5.41) is 6.69. The number of hydrogen-bond donors (Lipinski definition) is 1. The number of Topliss-reactive ketones (excluding diaryl/α,β-unsaturated/α-hetero) is 1. The molecule has 1 fully saturated rings. The van der Waals surface area contributed by atoms with E-state index in [1.165, 1.54) is 6.92 Å². The Kier molecular flexibility index (Phi) is 5.23. The van der Waals surface area contributed by atoms with E-state index in [4.69, 9.17) is 4.52 Å². The van der Waals surface area contributed by atoms with Crippen molar-refractivity contribution in [2.75, 3.05) is 25.0 Å². The molecule has 1 aromatic heterocycles. The summed E-state index contributed by atoms with van der Waals surface area (Å²) in [4.78, 5) is 30.1. The highest BCUT2D eigenvalue weighted by Gasteiger charge is 2.25. The second-order valence-corrected chi connectivity index (χ2v) is 6.42. The number of amides is 1. The molecule has 7 heteroatoms. The van der Waals surface area contributed by atoms with Gasteiger partial charge in [-0.25, -0.2) is 0 Å². The fourth-order valence-corrected chi connectivity index (χ4v) is 3.04. The van der Waals surface area contributed by atoms with Gasteiger partial charge in [-0.05, 0) is 51.9 Å². The highest BCUT2D eigenvalue weighted by Crippen LogP contribution is 2.26. The maximum absolute atomic E-state index is 12.2. The van der Waals surface area contributed by atoms with Crippen LogP contribution in [0.25, 0.3) is 0 Å². The van der Waals surface area contributed by atoms with Crippen LogP contribution in [-0.2, 0) is 4.79 Å². The maximum Gasteiger partial charge on any atom is 0.238 e. The molecule has 0 aliphatic carbocycles. The topological polar surface area (TPSA) is 88.3 Å². The Hall–Kier alpha value is -2.54. The lowest BCUT2D eigenvalue weighted by atomic mass is 9.97. The smallest absolute Gasteiger partial charge is 0.238 e. The largest absolute Gasteiger partial charge is 0.339 e. The van der Waals surface area contributed by atoms with Crippen molar-refractivity contribution in [1.82, 2.24) is 15.0 Å². The summed E-state index contributed by atoms with van der Waals surface area (Å²) in [5.74, 6) is 1.53. The van der Waals surface area contributed by atoms with E-state index in [1.54, 1.807) is 24.3 Å². The number of benzene rings is 1. The van der Waals surface area contributed by atoms with Crippen molar-refractivity contribution in [3.63, 3.8) is 0 Å². The normalized spacial score (nSPS) is 15.9. The van der Waals surface area contributed by atoms with Crippen molar-refractivity contribution in [3.8, 4) is 0 Å². The zero-order chi connectivity index (χ0) is 17.8. The Labute approximate surface area is 146 Å². The van der Waals surface area contributed by atoms with Crippen LogP contribution in [0.5, 0.6) is 0 Å². The third kappa shape index (κ3) is 4.51. The summed E-state index contributed by atoms with van der Waals surface area (Å²) in [6, 6.07) is 6.99. The van der Waals surface area contributed by atoms with Crippen LogP contribution in [0.4, 0.5) is 5.69 Å². The van der Waals surface area contributed by atoms with E-state index in [-0.39, 0.29) is 17.6 Å². The molecule has 2 aromatic rings. The molecule has 7 nitrogen and oxygen atoms in total. The minimum Gasteiger partial charge on any atom is -0.339 e. The molecular weight excluding hydrogens is 320 g/mol. The van der Waals surface area contributed by atoms with Crippen LogP contribution in [0, 0.1) is 6.92 Å². The van der Waals surface area contributed by atoms with Crippen LogP contribution < -0.4 is 5.32 Å². The van der Waals surface area contributed by atoms with Crippen molar-refractivity contribution >= 4 is 17.4 Å². The van der Waals surface area contributed by atoms with Gasteiger partial charge < -0.3 is 9.84 Å². The number of rotatable bonds is 5. The van der Waals surface area contributed by atoms with Gasteiger partial charge in [0.05, 0.1) is 6.54 Å². The number of nitrogens with one attached hydrogen (secondary N) is 1. The molecule has 1 aromatic carbocycles. The number of ketones is 1. The lowest BCUT2D eigenvalue weighted by Gasteiger charge is -2.29. The van der Waals surface area contributed by atoms with Crippen LogP contribution in [0.1, 0.15) is 47.8 Å². The van der Waals surface area contributed by atoms with E-state index in [0.29, 0.717) is 29.5 Å². The Morgan fingerprint density at radius 3 is 2.72 bits per heavy atom. The van der Waals surface area contributed by atoms with Gasteiger partial charge in [0.15, 0.2) is 11.6 Å². The molecule has 1 amide bonds. The monoisotopic (exact) mass is 342 g/mol. The molecule has 1 aliphatic heterocycles. The Morgan fingerprint density at radius 2 is 2.08 bits per heavy atom. The fraction of sp³-hybridized carbons (Fsp3) is 0.444. The first-order valence-corrected chi connectivity index (χ1v) is 8.44. The van der Waals surface area contributed by atoms with Gasteiger partial charge in [0, 0.05) is 17.2 Å². The zero-order valence-corrected chi connectivity index (χ0v) is 14.5.